The standard InChI is InChI=1S/C10H16N2S/c1-7(2)4-9(11)5-10-12-8(3)6-13-10/h4,6,9H,5,11H2,1-3H3. The van der Waals surface area contributed by atoms with Crippen LogP contribution in [0, 0.1) is 6.92 Å². The second kappa shape index (κ2) is 4.53. The molecule has 0 spiro atoms. The Morgan fingerprint density at radius 3 is 2.85 bits per heavy atom. The van der Waals surface area contributed by atoms with E-state index in [1.165, 1.54) is 5.57 Å². The molecule has 1 aromatic rings. The Morgan fingerprint density at radius 1 is 1.69 bits per heavy atom. The van der Waals surface area contributed by atoms with E-state index in [2.05, 4.69) is 30.3 Å². The van der Waals surface area contributed by atoms with Crippen molar-refractivity contribution in [3.8, 4) is 0 Å². The van der Waals surface area contributed by atoms with Gasteiger partial charge >= 0.3 is 0 Å². The summed E-state index contributed by atoms with van der Waals surface area (Å²) in [5, 5.41) is 3.19. The summed E-state index contributed by atoms with van der Waals surface area (Å²) >= 11 is 1.68. The van der Waals surface area contributed by atoms with E-state index in [0.717, 1.165) is 17.1 Å². The number of aromatic nitrogens is 1. The summed E-state index contributed by atoms with van der Waals surface area (Å²) in [6.45, 7) is 6.13. The fourth-order valence-electron chi connectivity index (χ4n) is 1.19. The van der Waals surface area contributed by atoms with Crippen molar-refractivity contribution in [2.24, 2.45) is 5.73 Å². The maximum Gasteiger partial charge on any atom is 0.0946 e. The van der Waals surface area contributed by atoms with E-state index in [1.807, 2.05) is 6.92 Å². The van der Waals surface area contributed by atoms with Gasteiger partial charge in [0.25, 0.3) is 0 Å². The van der Waals surface area contributed by atoms with E-state index in [4.69, 9.17) is 5.73 Å². The third-order valence-electron chi connectivity index (χ3n) is 1.62. The lowest BCUT2D eigenvalue weighted by Crippen LogP contribution is -2.20. The van der Waals surface area contributed by atoms with Gasteiger partial charge < -0.3 is 5.73 Å². The SMILES string of the molecule is CC(C)=CC(N)Cc1nc(C)cs1. The fourth-order valence-corrected chi connectivity index (χ4v) is 2.03. The van der Waals surface area contributed by atoms with E-state index < -0.39 is 0 Å². The van der Waals surface area contributed by atoms with Crippen LogP contribution in [-0.4, -0.2) is 11.0 Å². The first-order valence-electron chi connectivity index (χ1n) is 4.39. The number of aryl methyl sites for hydroxylation is 1. The lowest BCUT2D eigenvalue weighted by molar-refractivity contribution is 0.795. The molecule has 0 aliphatic carbocycles. The second-order valence-corrected chi connectivity index (χ2v) is 4.44. The van der Waals surface area contributed by atoms with Crippen LogP contribution in [0.3, 0.4) is 0 Å². The molecule has 0 bridgehead atoms. The molecular weight excluding hydrogens is 180 g/mol. The van der Waals surface area contributed by atoms with Gasteiger partial charge in [-0.3, -0.25) is 0 Å². The molecule has 1 unspecified atom stereocenters. The zero-order valence-electron chi connectivity index (χ0n) is 8.37. The molecule has 1 aromatic heterocycles. The number of nitrogens with two attached hydrogens (primary N) is 1. The van der Waals surface area contributed by atoms with E-state index in [-0.39, 0.29) is 6.04 Å². The van der Waals surface area contributed by atoms with Gasteiger partial charge in [0.1, 0.15) is 0 Å². The first-order chi connectivity index (χ1) is 6.08. The summed E-state index contributed by atoms with van der Waals surface area (Å²) in [5.41, 5.74) is 8.26. The Labute approximate surface area is 83.5 Å². The van der Waals surface area contributed by atoms with Crippen molar-refractivity contribution in [2.45, 2.75) is 33.2 Å². The molecule has 2 N–H and O–H groups in total. The summed E-state index contributed by atoms with van der Waals surface area (Å²) < 4.78 is 0. The Hall–Kier alpha value is -0.670. The minimum absolute atomic E-state index is 0.107. The number of thiazole rings is 1. The highest BCUT2D eigenvalue weighted by Crippen LogP contribution is 2.11. The minimum atomic E-state index is 0.107. The molecule has 0 aliphatic heterocycles. The van der Waals surface area contributed by atoms with Gasteiger partial charge in [-0.05, 0) is 20.8 Å². The predicted molar refractivity (Wildman–Crippen MR) is 58.0 cm³/mol. The molecule has 1 rings (SSSR count). The van der Waals surface area contributed by atoms with Gasteiger partial charge in [0.15, 0.2) is 0 Å². The Kier molecular flexibility index (Phi) is 3.63. The number of rotatable bonds is 3. The van der Waals surface area contributed by atoms with Crippen LogP contribution >= 0.6 is 11.3 Å². The summed E-state index contributed by atoms with van der Waals surface area (Å²) in [6.07, 6.45) is 2.93. The van der Waals surface area contributed by atoms with E-state index in [0.29, 0.717) is 0 Å². The zero-order valence-corrected chi connectivity index (χ0v) is 9.19. The summed E-state index contributed by atoms with van der Waals surface area (Å²) in [4.78, 5) is 4.37. The highest BCUT2D eigenvalue weighted by Gasteiger charge is 2.03. The molecule has 0 saturated heterocycles. The average Bonchev–Trinajstić information content (AvgIpc) is 2.33. The van der Waals surface area contributed by atoms with Crippen molar-refractivity contribution in [3.05, 3.63) is 27.7 Å². The molecule has 0 amide bonds. The van der Waals surface area contributed by atoms with Crippen molar-refractivity contribution >= 4 is 11.3 Å². The molecular formula is C10H16N2S. The van der Waals surface area contributed by atoms with E-state index >= 15 is 0 Å². The van der Waals surface area contributed by atoms with Crippen LogP contribution in [0.15, 0.2) is 17.0 Å². The molecule has 2 nitrogen and oxygen atoms in total. The number of nitrogens with zero attached hydrogens (tertiary/aromatic N) is 1. The van der Waals surface area contributed by atoms with Gasteiger partial charge in [-0.25, -0.2) is 4.98 Å². The molecule has 3 heteroatoms. The Morgan fingerprint density at radius 2 is 2.38 bits per heavy atom. The quantitative estimate of drug-likeness (QED) is 0.753. The van der Waals surface area contributed by atoms with Crippen LogP contribution in [0.4, 0.5) is 0 Å². The van der Waals surface area contributed by atoms with Crippen LogP contribution in [0.5, 0.6) is 0 Å². The molecule has 0 aliphatic rings. The van der Waals surface area contributed by atoms with Crippen molar-refractivity contribution < 1.29 is 0 Å². The molecule has 1 heterocycles. The van der Waals surface area contributed by atoms with Gasteiger partial charge in [-0.1, -0.05) is 11.6 Å². The van der Waals surface area contributed by atoms with Crippen molar-refractivity contribution in [3.63, 3.8) is 0 Å². The van der Waals surface area contributed by atoms with Gasteiger partial charge in [-0.2, -0.15) is 0 Å². The number of hydrogen-bond acceptors (Lipinski definition) is 3. The zero-order chi connectivity index (χ0) is 9.84. The van der Waals surface area contributed by atoms with Gasteiger partial charge in [0, 0.05) is 23.5 Å². The Balaban J connectivity index is 2.54. The van der Waals surface area contributed by atoms with E-state index in [9.17, 15) is 0 Å². The van der Waals surface area contributed by atoms with E-state index in [1.54, 1.807) is 11.3 Å². The molecule has 0 fully saturated rings. The summed E-state index contributed by atoms with van der Waals surface area (Å²) in [7, 11) is 0. The maximum atomic E-state index is 5.91. The van der Waals surface area contributed by atoms with Gasteiger partial charge in [-0.15, -0.1) is 11.3 Å². The molecule has 0 aromatic carbocycles. The second-order valence-electron chi connectivity index (χ2n) is 3.49. The highest BCUT2D eigenvalue weighted by molar-refractivity contribution is 7.09. The maximum absolute atomic E-state index is 5.91. The molecule has 13 heavy (non-hydrogen) atoms. The number of hydrogen-bond donors (Lipinski definition) is 1. The van der Waals surface area contributed by atoms with Crippen LogP contribution in [0.1, 0.15) is 24.5 Å². The first kappa shape index (κ1) is 10.4. The lowest BCUT2D eigenvalue weighted by atomic mass is 10.1. The van der Waals surface area contributed by atoms with Crippen LogP contribution in [-0.2, 0) is 6.42 Å². The average molecular weight is 196 g/mol. The van der Waals surface area contributed by atoms with Crippen molar-refractivity contribution in [1.82, 2.24) is 4.98 Å². The number of allylic oxidation sites excluding steroid dienone is 1. The third-order valence-corrected chi connectivity index (χ3v) is 2.61. The van der Waals surface area contributed by atoms with Crippen molar-refractivity contribution in [2.75, 3.05) is 0 Å². The van der Waals surface area contributed by atoms with Crippen LogP contribution < -0.4 is 5.73 Å². The first-order valence-corrected chi connectivity index (χ1v) is 5.27. The van der Waals surface area contributed by atoms with Gasteiger partial charge in [0.05, 0.1) is 5.01 Å². The highest BCUT2D eigenvalue weighted by atomic mass is 32.1. The summed E-state index contributed by atoms with van der Waals surface area (Å²) in [6, 6.07) is 0.107. The lowest BCUT2D eigenvalue weighted by Gasteiger charge is -2.03. The largest absolute Gasteiger partial charge is 0.324 e. The minimum Gasteiger partial charge on any atom is -0.324 e. The molecule has 0 radical (unpaired) electrons. The fraction of sp³-hybridized carbons (Fsp3) is 0.500. The van der Waals surface area contributed by atoms with Crippen molar-refractivity contribution in [1.29, 1.82) is 0 Å². The van der Waals surface area contributed by atoms with Crippen LogP contribution in [0.25, 0.3) is 0 Å². The molecule has 1 atom stereocenters. The Bertz CT molecular complexity index is 298. The summed E-state index contributed by atoms with van der Waals surface area (Å²) in [5.74, 6) is 0. The van der Waals surface area contributed by atoms with Gasteiger partial charge in [0.2, 0.25) is 0 Å². The predicted octanol–water partition coefficient (Wildman–Crippen LogP) is 2.29. The normalized spacial score (nSPS) is 12.6. The van der Waals surface area contributed by atoms with Crippen LogP contribution in [0.2, 0.25) is 0 Å². The monoisotopic (exact) mass is 196 g/mol. The topological polar surface area (TPSA) is 38.9 Å². The smallest absolute Gasteiger partial charge is 0.0946 e. The molecule has 0 saturated carbocycles. The molecule has 72 valence electrons. The third kappa shape index (κ3) is 3.70.